The smallest absolute Gasteiger partial charge is 0.339 e. The minimum absolute atomic E-state index is 0.374. The number of hydrogen-bond donors (Lipinski definition) is 0. The Labute approximate surface area is 211 Å². The SMILES string of the molecule is COC(=O)c1ccccc1N(C)c1ccc(Oc2ccc(-c3ccccc3C(C)C)cc2Cl)cc1. The number of para-hydroxylation sites is 1. The second kappa shape index (κ2) is 10.7. The van der Waals surface area contributed by atoms with E-state index < -0.39 is 0 Å². The van der Waals surface area contributed by atoms with Crippen LogP contribution in [0.1, 0.15) is 35.7 Å². The molecule has 0 bridgehead atoms. The average Bonchev–Trinajstić information content (AvgIpc) is 2.89. The van der Waals surface area contributed by atoms with Crippen molar-refractivity contribution in [3.05, 3.63) is 107 Å². The topological polar surface area (TPSA) is 38.8 Å². The molecular weight excluding hydrogens is 458 g/mol. The molecule has 178 valence electrons. The van der Waals surface area contributed by atoms with E-state index in [4.69, 9.17) is 21.1 Å². The Bertz CT molecular complexity index is 1330. The molecule has 0 heterocycles. The van der Waals surface area contributed by atoms with Crippen molar-refractivity contribution in [1.29, 1.82) is 0 Å². The standard InChI is InChI=1S/C30H28ClNO3/c1-20(2)24-9-5-6-10-25(24)21-13-18-29(27(31)19-21)35-23-16-14-22(15-17-23)32(3)28-12-8-7-11-26(28)30(33)34-4/h5-20H,1-4H3. The summed E-state index contributed by atoms with van der Waals surface area (Å²) >= 11 is 6.61. The lowest BCUT2D eigenvalue weighted by atomic mass is 9.93. The maximum Gasteiger partial charge on any atom is 0.339 e. The van der Waals surface area contributed by atoms with Crippen molar-refractivity contribution in [3.63, 3.8) is 0 Å². The van der Waals surface area contributed by atoms with Gasteiger partial charge in [0.15, 0.2) is 0 Å². The number of anilines is 2. The van der Waals surface area contributed by atoms with Crippen LogP contribution in [0, 0.1) is 0 Å². The van der Waals surface area contributed by atoms with Gasteiger partial charge in [0.05, 0.1) is 23.4 Å². The van der Waals surface area contributed by atoms with E-state index in [2.05, 4.69) is 32.0 Å². The van der Waals surface area contributed by atoms with Crippen molar-refractivity contribution < 1.29 is 14.3 Å². The molecule has 0 aliphatic rings. The number of nitrogens with zero attached hydrogens (tertiary/aromatic N) is 1. The lowest BCUT2D eigenvalue weighted by Crippen LogP contribution is -2.14. The van der Waals surface area contributed by atoms with Crippen molar-refractivity contribution in [2.45, 2.75) is 19.8 Å². The van der Waals surface area contributed by atoms with Gasteiger partial charge in [-0.2, -0.15) is 0 Å². The molecule has 0 saturated carbocycles. The van der Waals surface area contributed by atoms with E-state index in [0.717, 1.165) is 16.9 Å². The van der Waals surface area contributed by atoms with Crippen molar-refractivity contribution in [1.82, 2.24) is 0 Å². The van der Waals surface area contributed by atoms with Gasteiger partial charge < -0.3 is 14.4 Å². The summed E-state index contributed by atoms with van der Waals surface area (Å²) in [5.74, 6) is 1.30. The molecular formula is C30H28ClNO3. The number of carbonyl (C=O) groups is 1. The molecule has 4 rings (SSSR count). The molecule has 0 radical (unpaired) electrons. The van der Waals surface area contributed by atoms with Crippen molar-refractivity contribution in [2.24, 2.45) is 0 Å². The monoisotopic (exact) mass is 485 g/mol. The second-order valence-corrected chi connectivity index (χ2v) is 8.96. The van der Waals surface area contributed by atoms with Crippen molar-refractivity contribution in [3.8, 4) is 22.6 Å². The Kier molecular flexibility index (Phi) is 7.42. The molecule has 5 heteroatoms. The number of methoxy groups -OCH3 is 1. The minimum Gasteiger partial charge on any atom is -0.465 e. The number of carbonyl (C=O) groups excluding carboxylic acids is 1. The summed E-state index contributed by atoms with van der Waals surface area (Å²) < 4.78 is 11.0. The van der Waals surface area contributed by atoms with Crippen LogP contribution >= 0.6 is 11.6 Å². The van der Waals surface area contributed by atoms with Gasteiger partial charge in [0.2, 0.25) is 0 Å². The molecule has 0 spiro atoms. The van der Waals surface area contributed by atoms with E-state index in [1.807, 2.05) is 78.7 Å². The summed E-state index contributed by atoms with van der Waals surface area (Å²) in [6.45, 7) is 4.38. The Morgan fingerprint density at radius 2 is 1.57 bits per heavy atom. The molecule has 0 aliphatic carbocycles. The van der Waals surface area contributed by atoms with Crippen LogP contribution in [0.2, 0.25) is 5.02 Å². The second-order valence-electron chi connectivity index (χ2n) is 8.55. The fourth-order valence-corrected chi connectivity index (χ4v) is 4.29. The maximum absolute atomic E-state index is 12.1. The van der Waals surface area contributed by atoms with Crippen LogP contribution in [0.15, 0.2) is 91.0 Å². The molecule has 0 atom stereocenters. The number of esters is 1. The van der Waals surface area contributed by atoms with E-state index in [0.29, 0.717) is 28.0 Å². The average molecular weight is 486 g/mol. The first-order valence-electron chi connectivity index (χ1n) is 11.5. The lowest BCUT2D eigenvalue weighted by Gasteiger charge is -2.22. The first kappa shape index (κ1) is 24.4. The van der Waals surface area contributed by atoms with Gasteiger partial charge in [-0.15, -0.1) is 0 Å². The zero-order chi connectivity index (χ0) is 24.9. The number of rotatable bonds is 7. The molecule has 0 aliphatic heterocycles. The fourth-order valence-electron chi connectivity index (χ4n) is 4.07. The molecule has 4 nitrogen and oxygen atoms in total. The molecule has 0 aromatic heterocycles. The molecule has 0 saturated heterocycles. The van der Waals surface area contributed by atoms with E-state index in [1.165, 1.54) is 18.2 Å². The number of halogens is 1. The van der Waals surface area contributed by atoms with Gasteiger partial charge in [-0.1, -0.05) is 67.9 Å². The van der Waals surface area contributed by atoms with Gasteiger partial charge in [-0.3, -0.25) is 0 Å². The molecule has 4 aromatic carbocycles. The summed E-state index contributed by atoms with van der Waals surface area (Å²) in [7, 11) is 3.29. The molecule has 0 unspecified atom stereocenters. The van der Waals surface area contributed by atoms with Crippen LogP contribution in [0.5, 0.6) is 11.5 Å². The highest BCUT2D eigenvalue weighted by Gasteiger charge is 2.16. The summed E-state index contributed by atoms with van der Waals surface area (Å²) in [5, 5.41) is 0.550. The van der Waals surface area contributed by atoms with Crippen LogP contribution in [-0.2, 0) is 4.74 Å². The summed E-state index contributed by atoms with van der Waals surface area (Å²) in [4.78, 5) is 14.1. The van der Waals surface area contributed by atoms with Gasteiger partial charge in [0.1, 0.15) is 11.5 Å². The quantitative estimate of drug-likeness (QED) is 0.246. The first-order chi connectivity index (χ1) is 16.9. The highest BCUT2D eigenvalue weighted by Crippen LogP contribution is 2.37. The Morgan fingerprint density at radius 1 is 0.886 bits per heavy atom. The molecule has 0 fully saturated rings. The highest BCUT2D eigenvalue weighted by molar-refractivity contribution is 6.32. The van der Waals surface area contributed by atoms with Crippen molar-refractivity contribution >= 4 is 28.9 Å². The van der Waals surface area contributed by atoms with Crippen LogP contribution in [0.3, 0.4) is 0 Å². The van der Waals surface area contributed by atoms with E-state index in [1.54, 1.807) is 6.07 Å². The van der Waals surface area contributed by atoms with Gasteiger partial charge in [-0.25, -0.2) is 4.79 Å². The highest BCUT2D eigenvalue weighted by atomic mass is 35.5. The van der Waals surface area contributed by atoms with Gasteiger partial charge in [0.25, 0.3) is 0 Å². The van der Waals surface area contributed by atoms with Gasteiger partial charge in [0, 0.05) is 12.7 Å². The maximum atomic E-state index is 12.1. The van der Waals surface area contributed by atoms with Crippen LogP contribution < -0.4 is 9.64 Å². The zero-order valence-electron chi connectivity index (χ0n) is 20.3. The third-order valence-corrected chi connectivity index (χ3v) is 6.24. The van der Waals surface area contributed by atoms with Crippen LogP contribution in [-0.4, -0.2) is 20.1 Å². The Morgan fingerprint density at radius 3 is 2.26 bits per heavy atom. The van der Waals surface area contributed by atoms with E-state index in [-0.39, 0.29) is 5.97 Å². The normalized spacial score (nSPS) is 10.8. The predicted molar refractivity (Wildman–Crippen MR) is 143 cm³/mol. The first-order valence-corrected chi connectivity index (χ1v) is 11.8. The molecule has 0 N–H and O–H groups in total. The third-order valence-electron chi connectivity index (χ3n) is 5.95. The third kappa shape index (κ3) is 5.33. The largest absolute Gasteiger partial charge is 0.465 e. The Hall–Kier alpha value is -3.76. The minimum atomic E-state index is -0.374. The lowest BCUT2D eigenvalue weighted by molar-refractivity contribution is 0.0601. The summed E-state index contributed by atoms with van der Waals surface area (Å²) in [6, 6.07) is 29.2. The molecule has 4 aromatic rings. The van der Waals surface area contributed by atoms with Gasteiger partial charge >= 0.3 is 5.97 Å². The van der Waals surface area contributed by atoms with E-state index in [9.17, 15) is 4.79 Å². The number of ether oxygens (including phenoxy) is 2. The van der Waals surface area contributed by atoms with Crippen LogP contribution in [0.25, 0.3) is 11.1 Å². The molecule has 0 amide bonds. The van der Waals surface area contributed by atoms with Gasteiger partial charge in [-0.05, 0) is 71.1 Å². The number of hydrogen-bond acceptors (Lipinski definition) is 4. The van der Waals surface area contributed by atoms with Crippen molar-refractivity contribution in [2.75, 3.05) is 19.1 Å². The summed E-state index contributed by atoms with van der Waals surface area (Å²) in [5.41, 5.74) is 5.69. The Balaban J connectivity index is 1.54. The fraction of sp³-hybridized carbons (Fsp3) is 0.167. The number of benzene rings is 4. The zero-order valence-corrected chi connectivity index (χ0v) is 21.0. The predicted octanol–water partition coefficient (Wildman–Crippen LogP) is 8.48. The van der Waals surface area contributed by atoms with E-state index >= 15 is 0 Å². The summed E-state index contributed by atoms with van der Waals surface area (Å²) in [6.07, 6.45) is 0. The molecule has 35 heavy (non-hydrogen) atoms. The van der Waals surface area contributed by atoms with Crippen LogP contribution in [0.4, 0.5) is 11.4 Å².